The van der Waals surface area contributed by atoms with Crippen molar-refractivity contribution in [3.8, 4) is 0 Å². The van der Waals surface area contributed by atoms with Gasteiger partial charge in [0.2, 0.25) is 0 Å². The first-order valence-electron chi connectivity index (χ1n) is 7.04. The molecule has 0 amide bonds. The van der Waals surface area contributed by atoms with E-state index in [-0.39, 0.29) is 0 Å². The molecule has 0 bridgehead atoms. The highest BCUT2D eigenvalue weighted by atomic mass is 35.5. The van der Waals surface area contributed by atoms with Crippen LogP contribution in [-0.4, -0.2) is 54.4 Å². The standard InChI is InChI=1S/C13H24ClN3O3/c1-2-3-5-18-7-9-20-10-8-19-6-4-17-13(11-14)15-12-16-17/h12H,2-11H2,1H3. The zero-order valence-electron chi connectivity index (χ0n) is 12.1. The molecule has 0 radical (unpaired) electrons. The van der Waals surface area contributed by atoms with Crippen molar-refractivity contribution in [1.29, 1.82) is 0 Å². The van der Waals surface area contributed by atoms with Crippen LogP contribution in [0.4, 0.5) is 0 Å². The Morgan fingerprint density at radius 3 is 2.35 bits per heavy atom. The number of hydrogen-bond donors (Lipinski definition) is 0. The number of alkyl halides is 1. The zero-order valence-corrected chi connectivity index (χ0v) is 12.8. The van der Waals surface area contributed by atoms with E-state index in [0.717, 1.165) is 25.3 Å². The zero-order chi connectivity index (χ0) is 14.5. The molecule has 7 heteroatoms. The van der Waals surface area contributed by atoms with E-state index in [4.69, 9.17) is 25.8 Å². The predicted octanol–water partition coefficient (Wildman–Crippen LogP) is 1.87. The number of unbranched alkanes of at least 4 members (excludes halogenated alkanes) is 1. The van der Waals surface area contributed by atoms with Gasteiger partial charge in [-0.05, 0) is 6.42 Å². The van der Waals surface area contributed by atoms with Gasteiger partial charge in [-0.2, -0.15) is 5.10 Å². The summed E-state index contributed by atoms with van der Waals surface area (Å²) in [7, 11) is 0. The molecule has 0 fully saturated rings. The lowest BCUT2D eigenvalue weighted by molar-refractivity contribution is 0.0122. The first kappa shape index (κ1) is 17.4. The molecular weight excluding hydrogens is 282 g/mol. The minimum atomic E-state index is 0.362. The van der Waals surface area contributed by atoms with Gasteiger partial charge in [-0.1, -0.05) is 13.3 Å². The number of rotatable bonds is 13. The van der Waals surface area contributed by atoms with Gasteiger partial charge in [0.25, 0.3) is 0 Å². The normalized spacial score (nSPS) is 11.1. The van der Waals surface area contributed by atoms with E-state index in [1.54, 1.807) is 4.68 Å². The molecule has 1 rings (SSSR count). The molecule has 0 saturated carbocycles. The highest BCUT2D eigenvalue weighted by Gasteiger charge is 2.01. The monoisotopic (exact) mass is 305 g/mol. The average molecular weight is 306 g/mol. The molecule has 1 heterocycles. The lowest BCUT2D eigenvalue weighted by Gasteiger charge is -2.07. The quantitative estimate of drug-likeness (QED) is 0.411. The highest BCUT2D eigenvalue weighted by molar-refractivity contribution is 6.16. The minimum absolute atomic E-state index is 0.362. The third kappa shape index (κ3) is 7.79. The number of halogens is 1. The summed E-state index contributed by atoms with van der Waals surface area (Å²) in [6, 6.07) is 0. The second-order valence-corrected chi connectivity index (χ2v) is 4.49. The summed E-state index contributed by atoms with van der Waals surface area (Å²) in [5.74, 6) is 1.12. The molecule has 0 aromatic carbocycles. The van der Waals surface area contributed by atoms with E-state index in [9.17, 15) is 0 Å². The molecule has 0 aliphatic carbocycles. The van der Waals surface area contributed by atoms with E-state index in [1.165, 1.54) is 6.33 Å². The summed E-state index contributed by atoms with van der Waals surface area (Å²) in [5.41, 5.74) is 0. The molecule has 0 spiro atoms. The van der Waals surface area contributed by atoms with Crippen molar-refractivity contribution < 1.29 is 14.2 Å². The summed E-state index contributed by atoms with van der Waals surface area (Å²) in [6.45, 7) is 6.61. The molecular formula is C13H24ClN3O3. The van der Waals surface area contributed by atoms with Gasteiger partial charge in [-0.15, -0.1) is 11.6 Å². The maximum atomic E-state index is 5.72. The molecule has 6 nitrogen and oxygen atoms in total. The Kier molecular flexibility index (Phi) is 10.5. The Balaban J connectivity index is 1.85. The topological polar surface area (TPSA) is 58.4 Å². The van der Waals surface area contributed by atoms with Gasteiger partial charge in [0.05, 0.1) is 45.5 Å². The molecule has 0 saturated heterocycles. The lowest BCUT2D eigenvalue weighted by Crippen LogP contribution is -2.14. The second-order valence-electron chi connectivity index (χ2n) is 4.22. The van der Waals surface area contributed by atoms with Crippen molar-refractivity contribution in [1.82, 2.24) is 14.8 Å². The maximum Gasteiger partial charge on any atom is 0.141 e. The van der Waals surface area contributed by atoms with Gasteiger partial charge in [-0.25, -0.2) is 9.67 Å². The van der Waals surface area contributed by atoms with E-state index in [1.807, 2.05) is 0 Å². The van der Waals surface area contributed by atoms with Crippen LogP contribution in [0.15, 0.2) is 6.33 Å². The molecule has 1 aromatic heterocycles. The van der Waals surface area contributed by atoms with Crippen molar-refractivity contribution in [3.05, 3.63) is 12.2 Å². The minimum Gasteiger partial charge on any atom is -0.379 e. The second kappa shape index (κ2) is 12.1. The average Bonchev–Trinajstić information content (AvgIpc) is 2.92. The molecule has 0 N–H and O–H groups in total. The summed E-state index contributed by atoms with van der Waals surface area (Å²) < 4.78 is 18.0. The van der Waals surface area contributed by atoms with Crippen LogP contribution in [0.1, 0.15) is 25.6 Å². The van der Waals surface area contributed by atoms with Crippen LogP contribution in [0.3, 0.4) is 0 Å². The van der Waals surface area contributed by atoms with Crippen LogP contribution in [0.25, 0.3) is 0 Å². The predicted molar refractivity (Wildman–Crippen MR) is 76.9 cm³/mol. The van der Waals surface area contributed by atoms with Crippen molar-refractivity contribution >= 4 is 11.6 Å². The summed E-state index contributed by atoms with van der Waals surface area (Å²) in [4.78, 5) is 4.03. The van der Waals surface area contributed by atoms with E-state index < -0.39 is 0 Å². The number of nitrogens with zero attached hydrogens (tertiary/aromatic N) is 3. The largest absolute Gasteiger partial charge is 0.379 e. The fourth-order valence-corrected chi connectivity index (χ4v) is 1.72. The molecule has 116 valence electrons. The van der Waals surface area contributed by atoms with Gasteiger partial charge in [0, 0.05) is 6.61 Å². The Morgan fingerprint density at radius 2 is 1.70 bits per heavy atom. The number of ether oxygens (including phenoxy) is 3. The van der Waals surface area contributed by atoms with E-state index in [0.29, 0.717) is 45.5 Å². The van der Waals surface area contributed by atoms with Crippen LogP contribution in [0.5, 0.6) is 0 Å². The summed E-state index contributed by atoms with van der Waals surface area (Å²) in [6.07, 6.45) is 3.76. The van der Waals surface area contributed by atoms with Gasteiger partial charge in [-0.3, -0.25) is 0 Å². The maximum absolute atomic E-state index is 5.72. The Bertz CT molecular complexity index is 336. The fraction of sp³-hybridized carbons (Fsp3) is 0.846. The van der Waals surface area contributed by atoms with Crippen LogP contribution in [0, 0.1) is 0 Å². The molecule has 1 aromatic rings. The molecule has 20 heavy (non-hydrogen) atoms. The van der Waals surface area contributed by atoms with Crippen molar-refractivity contribution in [2.45, 2.75) is 32.2 Å². The van der Waals surface area contributed by atoms with Crippen molar-refractivity contribution in [2.75, 3.05) is 39.6 Å². The van der Waals surface area contributed by atoms with Crippen LogP contribution in [-0.2, 0) is 26.6 Å². The third-order valence-electron chi connectivity index (χ3n) is 2.65. The fourth-order valence-electron chi connectivity index (χ4n) is 1.52. The van der Waals surface area contributed by atoms with Crippen LogP contribution >= 0.6 is 11.6 Å². The smallest absolute Gasteiger partial charge is 0.141 e. The Morgan fingerprint density at radius 1 is 1.05 bits per heavy atom. The SMILES string of the molecule is CCCCOCCOCCOCCn1ncnc1CCl. The first-order chi connectivity index (χ1) is 9.88. The van der Waals surface area contributed by atoms with Gasteiger partial charge in [0.15, 0.2) is 0 Å². The van der Waals surface area contributed by atoms with Crippen LogP contribution in [0.2, 0.25) is 0 Å². The first-order valence-corrected chi connectivity index (χ1v) is 7.57. The lowest BCUT2D eigenvalue weighted by atomic mass is 10.4. The van der Waals surface area contributed by atoms with Gasteiger partial charge >= 0.3 is 0 Å². The summed E-state index contributed by atoms with van der Waals surface area (Å²) in [5, 5.41) is 4.06. The molecule has 0 atom stereocenters. The number of hydrogen-bond acceptors (Lipinski definition) is 5. The molecule has 0 aliphatic rings. The Hall–Kier alpha value is -0.690. The van der Waals surface area contributed by atoms with E-state index >= 15 is 0 Å². The number of aromatic nitrogens is 3. The van der Waals surface area contributed by atoms with Gasteiger partial charge in [0.1, 0.15) is 12.2 Å². The molecule has 0 aliphatic heterocycles. The highest BCUT2D eigenvalue weighted by Crippen LogP contribution is 1.98. The van der Waals surface area contributed by atoms with Crippen molar-refractivity contribution in [3.63, 3.8) is 0 Å². The Labute approximate surface area is 125 Å². The molecule has 0 unspecified atom stereocenters. The van der Waals surface area contributed by atoms with Gasteiger partial charge < -0.3 is 14.2 Å². The van der Waals surface area contributed by atoms with Crippen LogP contribution < -0.4 is 0 Å². The van der Waals surface area contributed by atoms with Crippen molar-refractivity contribution in [2.24, 2.45) is 0 Å². The van der Waals surface area contributed by atoms with E-state index in [2.05, 4.69) is 17.0 Å². The third-order valence-corrected chi connectivity index (χ3v) is 2.89. The summed E-state index contributed by atoms with van der Waals surface area (Å²) >= 11 is 5.72.